The predicted octanol–water partition coefficient (Wildman–Crippen LogP) is 4.28. The molecule has 3 rings (SSSR count). The van der Waals surface area contributed by atoms with Gasteiger partial charge in [0.25, 0.3) is 0 Å². The van der Waals surface area contributed by atoms with Gasteiger partial charge in [-0.3, -0.25) is 0 Å². The van der Waals surface area contributed by atoms with Crippen molar-refractivity contribution in [3.8, 4) is 0 Å². The van der Waals surface area contributed by atoms with Crippen LogP contribution in [0.25, 0.3) is 10.8 Å². The summed E-state index contributed by atoms with van der Waals surface area (Å²) in [4.78, 5) is 0. The van der Waals surface area contributed by atoms with Gasteiger partial charge in [0.1, 0.15) is 0 Å². The van der Waals surface area contributed by atoms with E-state index in [1.165, 1.54) is 18.8 Å². The normalized spacial score (nSPS) is 12.0. The molecule has 0 amide bonds. The van der Waals surface area contributed by atoms with E-state index in [9.17, 15) is 13.2 Å². The molecule has 0 unspecified atom stereocenters. The van der Waals surface area contributed by atoms with Crippen LogP contribution in [0.15, 0.2) is 47.6 Å². The second-order valence-corrected chi connectivity index (χ2v) is 5.73. The second kappa shape index (κ2) is 5.64. The van der Waals surface area contributed by atoms with Crippen LogP contribution >= 0.6 is 11.8 Å². The van der Waals surface area contributed by atoms with E-state index >= 15 is 0 Å². The van der Waals surface area contributed by atoms with Gasteiger partial charge < -0.3 is 4.57 Å². The van der Waals surface area contributed by atoms with E-state index in [4.69, 9.17) is 0 Å². The molecule has 0 aliphatic carbocycles. The van der Waals surface area contributed by atoms with Crippen molar-refractivity contribution in [1.82, 2.24) is 14.8 Å². The van der Waals surface area contributed by atoms with Gasteiger partial charge in [-0.1, -0.05) is 54.2 Å². The Bertz CT molecular complexity index is 806. The Labute approximate surface area is 129 Å². The highest BCUT2D eigenvalue weighted by molar-refractivity contribution is 7.98. The van der Waals surface area contributed by atoms with Crippen LogP contribution in [0.1, 0.15) is 11.4 Å². The smallest absolute Gasteiger partial charge is 0.302 e. The molecule has 0 saturated carbocycles. The highest BCUT2D eigenvalue weighted by atomic mass is 32.2. The van der Waals surface area contributed by atoms with E-state index in [1.807, 2.05) is 42.5 Å². The Morgan fingerprint density at radius 1 is 1.05 bits per heavy atom. The Balaban J connectivity index is 1.85. The molecule has 3 aromatic rings. The molecule has 1 aromatic heterocycles. The summed E-state index contributed by atoms with van der Waals surface area (Å²) in [6.07, 6.45) is -4.49. The SMILES string of the molecule is Cn1c(SCc2cccc3ccccc23)nnc1C(F)(F)F. The molecule has 0 spiro atoms. The number of fused-ring (bicyclic) bond motifs is 1. The third kappa shape index (κ3) is 2.81. The van der Waals surface area contributed by atoms with Gasteiger partial charge in [-0.2, -0.15) is 13.2 Å². The standard InChI is InChI=1S/C15H12F3N3S/c1-21-13(15(16,17)18)19-20-14(21)22-9-11-7-4-6-10-5-2-3-8-12(10)11/h2-8H,9H2,1H3. The number of aromatic nitrogens is 3. The fourth-order valence-corrected chi connectivity index (χ4v) is 3.16. The molecule has 114 valence electrons. The number of nitrogens with zero attached hydrogens (tertiary/aromatic N) is 3. The van der Waals surface area contributed by atoms with Crippen LogP contribution in [-0.2, 0) is 19.0 Å². The third-order valence-corrected chi connectivity index (χ3v) is 4.39. The molecule has 0 aliphatic heterocycles. The first-order valence-electron chi connectivity index (χ1n) is 6.53. The lowest BCUT2D eigenvalue weighted by atomic mass is 10.1. The van der Waals surface area contributed by atoms with E-state index in [0.29, 0.717) is 5.75 Å². The fourth-order valence-electron chi connectivity index (χ4n) is 2.25. The summed E-state index contributed by atoms with van der Waals surface area (Å²) in [6.45, 7) is 0. The monoisotopic (exact) mass is 323 g/mol. The van der Waals surface area contributed by atoms with Gasteiger partial charge >= 0.3 is 6.18 Å². The van der Waals surface area contributed by atoms with Crippen LogP contribution in [-0.4, -0.2) is 14.8 Å². The van der Waals surface area contributed by atoms with Crippen LogP contribution in [0.5, 0.6) is 0 Å². The van der Waals surface area contributed by atoms with Crippen molar-refractivity contribution in [1.29, 1.82) is 0 Å². The minimum Gasteiger partial charge on any atom is -0.302 e. The Morgan fingerprint density at radius 2 is 1.77 bits per heavy atom. The number of alkyl halides is 3. The van der Waals surface area contributed by atoms with Gasteiger partial charge in [0.05, 0.1) is 0 Å². The summed E-state index contributed by atoms with van der Waals surface area (Å²) in [5.41, 5.74) is 1.06. The first kappa shape index (κ1) is 14.9. The average molecular weight is 323 g/mol. The van der Waals surface area contributed by atoms with E-state index in [-0.39, 0.29) is 5.16 Å². The van der Waals surface area contributed by atoms with Crippen molar-refractivity contribution in [2.45, 2.75) is 17.1 Å². The summed E-state index contributed by atoms with van der Waals surface area (Å²) in [5.74, 6) is -0.446. The maximum atomic E-state index is 12.7. The van der Waals surface area contributed by atoms with Crippen LogP contribution in [0, 0.1) is 0 Å². The molecule has 0 bridgehead atoms. The lowest BCUT2D eigenvalue weighted by molar-refractivity contribution is -0.147. The lowest BCUT2D eigenvalue weighted by Crippen LogP contribution is -2.12. The molecule has 22 heavy (non-hydrogen) atoms. The molecular formula is C15H12F3N3S. The molecule has 0 saturated heterocycles. The maximum absolute atomic E-state index is 12.7. The molecule has 0 aliphatic rings. The van der Waals surface area contributed by atoms with Gasteiger partial charge in [0, 0.05) is 12.8 Å². The van der Waals surface area contributed by atoms with Crippen molar-refractivity contribution in [2.75, 3.05) is 0 Å². The number of hydrogen-bond donors (Lipinski definition) is 0. The van der Waals surface area contributed by atoms with Gasteiger partial charge in [-0.25, -0.2) is 0 Å². The van der Waals surface area contributed by atoms with Gasteiger partial charge in [0.2, 0.25) is 5.82 Å². The molecular weight excluding hydrogens is 311 g/mol. The third-order valence-electron chi connectivity index (χ3n) is 3.33. The maximum Gasteiger partial charge on any atom is 0.451 e. The largest absolute Gasteiger partial charge is 0.451 e. The van der Waals surface area contributed by atoms with Crippen molar-refractivity contribution in [3.63, 3.8) is 0 Å². The molecule has 7 heteroatoms. The number of halogens is 3. The summed E-state index contributed by atoms with van der Waals surface area (Å²) in [6, 6.07) is 13.8. The summed E-state index contributed by atoms with van der Waals surface area (Å²) in [5, 5.41) is 9.31. The fraction of sp³-hybridized carbons (Fsp3) is 0.200. The topological polar surface area (TPSA) is 30.7 Å². The van der Waals surface area contributed by atoms with Crippen LogP contribution in [0.2, 0.25) is 0 Å². The zero-order chi connectivity index (χ0) is 15.7. The van der Waals surface area contributed by atoms with Crippen molar-refractivity contribution in [2.24, 2.45) is 7.05 Å². The summed E-state index contributed by atoms with van der Waals surface area (Å²) < 4.78 is 39.1. The molecule has 0 radical (unpaired) electrons. The molecule has 0 atom stereocenters. The first-order valence-corrected chi connectivity index (χ1v) is 7.51. The number of thioether (sulfide) groups is 1. The summed E-state index contributed by atoms with van der Waals surface area (Å²) >= 11 is 1.24. The van der Waals surface area contributed by atoms with E-state index in [1.54, 1.807) is 0 Å². The average Bonchev–Trinajstić information content (AvgIpc) is 2.86. The minimum absolute atomic E-state index is 0.250. The number of rotatable bonds is 3. The highest BCUT2D eigenvalue weighted by Gasteiger charge is 2.37. The van der Waals surface area contributed by atoms with Crippen LogP contribution in [0.3, 0.4) is 0 Å². The highest BCUT2D eigenvalue weighted by Crippen LogP contribution is 2.31. The van der Waals surface area contributed by atoms with E-state index in [0.717, 1.165) is 20.9 Å². The lowest BCUT2D eigenvalue weighted by Gasteiger charge is -2.08. The summed E-state index contributed by atoms with van der Waals surface area (Å²) in [7, 11) is 1.33. The predicted molar refractivity (Wildman–Crippen MR) is 79.5 cm³/mol. The molecule has 1 heterocycles. The van der Waals surface area contributed by atoms with Crippen molar-refractivity contribution in [3.05, 3.63) is 53.9 Å². The van der Waals surface area contributed by atoms with Gasteiger partial charge in [-0.15, -0.1) is 10.2 Å². The molecule has 3 nitrogen and oxygen atoms in total. The van der Waals surface area contributed by atoms with Crippen LogP contribution < -0.4 is 0 Å². The number of hydrogen-bond acceptors (Lipinski definition) is 3. The van der Waals surface area contributed by atoms with Crippen molar-refractivity contribution >= 4 is 22.5 Å². The minimum atomic E-state index is -4.49. The van der Waals surface area contributed by atoms with Crippen LogP contribution in [0.4, 0.5) is 13.2 Å². The second-order valence-electron chi connectivity index (χ2n) is 4.79. The Kier molecular flexibility index (Phi) is 3.82. The van der Waals surface area contributed by atoms with E-state index in [2.05, 4.69) is 10.2 Å². The zero-order valence-corrected chi connectivity index (χ0v) is 12.4. The first-order chi connectivity index (χ1) is 10.5. The van der Waals surface area contributed by atoms with E-state index < -0.39 is 12.0 Å². The molecule has 0 N–H and O–H groups in total. The molecule has 0 fully saturated rings. The van der Waals surface area contributed by atoms with Gasteiger partial charge in [0.15, 0.2) is 5.16 Å². The number of benzene rings is 2. The molecule has 2 aromatic carbocycles. The Morgan fingerprint density at radius 3 is 2.50 bits per heavy atom. The van der Waals surface area contributed by atoms with Crippen molar-refractivity contribution < 1.29 is 13.2 Å². The van der Waals surface area contributed by atoms with Gasteiger partial charge in [-0.05, 0) is 16.3 Å². The quantitative estimate of drug-likeness (QED) is 0.674. The zero-order valence-electron chi connectivity index (χ0n) is 11.6. The Hall–Kier alpha value is -2.02.